The molecule has 1 heterocycles. The summed E-state index contributed by atoms with van der Waals surface area (Å²) in [4.78, 5) is 12.2. The minimum atomic E-state index is -0.0995. The van der Waals surface area contributed by atoms with Crippen LogP contribution in [0.4, 0.5) is 4.79 Å². The van der Waals surface area contributed by atoms with E-state index in [0.717, 1.165) is 38.0 Å². The Bertz CT molecular complexity index is 663. The van der Waals surface area contributed by atoms with Crippen LogP contribution in [0.5, 0.6) is 0 Å². The Morgan fingerprint density at radius 2 is 1.96 bits per heavy atom. The normalized spacial score (nSPS) is 19.8. The van der Waals surface area contributed by atoms with E-state index in [1.54, 1.807) is 0 Å². The highest BCUT2D eigenvalue weighted by molar-refractivity contribution is 5.83. The molecule has 0 saturated carbocycles. The minimum Gasteiger partial charge on any atom is -0.381 e. The summed E-state index contributed by atoms with van der Waals surface area (Å²) >= 11 is 0. The second-order valence-corrected chi connectivity index (χ2v) is 6.19. The Balaban J connectivity index is 1.60. The predicted molar refractivity (Wildman–Crippen MR) is 92.5 cm³/mol. The number of amides is 2. The SMILES string of the molecule is CC(NC(=O)NC1CCCOCC1)c1ccc2ccccc2c1. The van der Waals surface area contributed by atoms with Crippen molar-refractivity contribution in [3.8, 4) is 0 Å². The van der Waals surface area contributed by atoms with Gasteiger partial charge in [-0.15, -0.1) is 0 Å². The van der Waals surface area contributed by atoms with Crippen LogP contribution in [0, 0.1) is 0 Å². The number of hydrogen-bond donors (Lipinski definition) is 2. The first-order valence-corrected chi connectivity index (χ1v) is 8.36. The third-order valence-electron chi connectivity index (χ3n) is 4.41. The van der Waals surface area contributed by atoms with Gasteiger partial charge in [-0.1, -0.05) is 36.4 Å². The smallest absolute Gasteiger partial charge is 0.315 e. The Hall–Kier alpha value is -2.07. The summed E-state index contributed by atoms with van der Waals surface area (Å²) in [6.07, 6.45) is 2.88. The maximum Gasteiger partial charge on any atom is 0.315 e. The number of hydrogen-bond acceptors (Lipinski definition) is 2. The van der Waals surface area contributed by atoms with Crippen molar-refractivity contribution >= 4 is 16.8 Å². The Kier molecular flexibility index (Phi) is 5.13. The molecule has 0 aromatic heterocycles. The number of urea groups is 1. The van der Waals surface area contributed by atoms with Gasteiger partial charge in [-0.3, -0.25) is 0 Å². The van der Waals surface area contributed by atoms with Crippen LogP contribution in [0.3, 0.4) is 0 Å². The first-order valence-electron chi connectivity index (χ1n) is 8.36. The summed E-state index contributed by atoms with van der Waals surface area (Å²) < 4.78 is 5.43. The molecule has 3 rings (SSSR count). The van der Waals surface area contributed by atoms with Crippen LogP contribution in [-0.2, 0) is 4.74 Å². The van der Waals surface area contributed by atoms with Gasteiger partial charge in [0.2, 0.25) is 0 Å². The summed E-state index contributed by atoms with van der Waals surface area (Å²) in [6, 6.07) is 14.7. The van der Waals surface area contributed by atoms with Gasteiger partial charge in [0.05, 0.1) is 6.04 Å². The number of carbonyl (C=O) groups is 1. The van der Waals surface area contributed by atoms with Crippen molar-refractivity contribution in [3.63, 3.8) is 0 Å². The van der Waals surface area contributed by atoms with E-state index in [1.807, 2.05) is 19.1 Å². The van der Waals surface area contributed by atoms with Gasteiger partial charge in [0, 0.05) is 19.3 Å². The Morgan fingerprint density at radius 1 is 1.13 bits per heavy atom. The lowest BCUT2D eigenvalue weighted by molar-refractivity contribution is 0.142. The lowest BCUT2D eigenvalue weighted by Crippen LogP contribution is -2.43. The fraction of sp³-hybridized carbons (Fsp3) is 0.421. The van der Waals surface area contributed by atoms with E-state index in [1.165, 1.54) is 10.8 Å². The van der Waals surface area contributed by atoms with Crippen molar-refractivity contribution in [2.45, 2.75) is 38.3 Å². The highest BCUT2D eigenvalue weighted by atomic mass is 16.5. The summed E-state index contributed by atoms with van der Waals surface area (Å²) in [5.74, 6) is 0. The van der Waals surface area contributed by atoms with E-state index >= 15 is 0 Å². The van der Waals surface area contributed by atoms with Crippen molar-refractivity contribution in [1.29, 1.82) is 0 Å². The molecule has 1 aliphatic rings. The summed E-state index contributed by atoms with van der Waals surface area (Å²) in [5, 5.41) is 8.51. The molecule has 1 saturated heterocycles. The molecular weight excluding hydrogens is 288 g/mol. The molecule has 122 valence electrons. The summed E-state index contributed by atoms with van der Waals surface area (Å²) in [6.45, 7) is 3.54. The molecule has 1 fully saturated rings. The van der Waals surface area contributed by atoms with Gasteiger partial charge >= 0.3 is 6.03 Å². The maximum absolute atomic E-state index is 12.2. The van der Waals surface area contributed by atoms with Crippen LogP contribution in [0.25, 0.3) is 10.8 Å². The number of carbonyl (C=O) groups excluding carboxylic acids is 1. The maximum atomic E-state index is 12.2. The minimum absolute atomic E-state index is 0.0263. The third kappa shape index (κ3) is 4.23. The monoisotopic (exact) mass is 312 g/mol. The van der Waals surface area contributed by atoms with E-state index < -0.39 is 0 Å². The van der Waals surface area contributed by atoms with Gasteiger partial charge in [-0.2, -0.15) is 0 Å². The lowest BCUT2D eigenvalue weighted by atomic mass is 10.0. The van der Waals surface area contributed by atoms with E-state index in [2.05, 4.69) is 41.0 Å². The quantitative estimate of drug-likeness (QED) is 0.906. The molecule has 0 spiro atoms. The molecule has 2 unspecified atom stereocenters. The van der Waals surface area contributed by atoms with Crippen molar-refractivity contribution in [1.82, 2.24) is 10.6 Å². The molecule has 2 atom stereocenters. The molecular formula is C19H24N2O2. The second kappa shape index (κ2) is 7.47. The zero-order valence-electron chi connectivity index (χ0n) is 13.5. The average Bonchev–Trinajstić information content (AvgIpc) is 2.83. The highest BCUT2D eigenvalue weighted by Gasteiger charge is 2.16. The van der Waals surface area contributed by atoms with Gasteiger partial charge < -0.3 is 15.4 Å². The van der Waals surface area contributed by atoms with Gasteiger partial charge in [0.15, 0.2) is 0 Å². The average molecular weight is 312 g/mol. The molecule has 2 aromatic rings. The highest BCUT2D eigenvalue weighted by Crippen LogP contribution is 2.20. The number of rotatable bonds is 3. The molecule has 1 aliphatic heterocycles. The molecule has 4 heteroatoms. The van der Waals surface area contributed by atoms with Crippen molar-refractivity contribution < 1.29 is 9.53 Å². The number of nitrogens with one attached hydrogen (secondary N) is 2. The molecule has 23 heavy (non-hydrogen) atoms. The fourth-order valence-corrected chi connectivity index (χ4v) is 3.03. The second-order valence-electron chi connectivity index (χ2n) is 6.19. The lowest BCUT2D eigenvalue weighted by Gasteiger charge is -2.20. The fourth-order valence-electron chi connectivity index (χ4n) is 3.03. The zero-order chi connectivity index (χ0) is 16.1. The van der Waals surface area contributed by atoms with E-state index in [9.17, 15) is 4.79 Å². The Morgan fingerprint density at radius 3 is 2.83 bits per heavy atom. The third-order valence-corrected chi connectivity index (χ3v) is 4.41. The molecule has 4 nitrogen and oxygen atoms in total. The van der Waals surface area contributed by atoms with Crippen LogP contribution < -0.4 is 10.6 Å². The molecule has 2 N–H and O–H groups in total. The molecule has 0 aliphatic carbocycles. The summed E-state index contributed by atoms with van der Waals surface area (Å²) in [7, 11) is 0. The first-order chi connectivity index (χ1) is 11.2. The van der Waals surface area contributed by atoms with Crippen molar-refractivity contribution in [2.75, 3.05) is 13.2 Å². The molecule has 2 amide bonds. The number of ether oxygens (including phenoxy) is 1. The first kappa shape index (κ1) is 15.8. The molecule has 0 radical (unpaired) electrons. The summed E-state index contributed by atoms with van der Waals surface area (Å²) in [5.41, 5.74) is 1.11. The zero-order valence-corrected chi connectivity index (χ0v) is 13.5. The van der Waals surface area contributed by atoms with Crippen molar-refractivity contribution in [3.05, 3.63) is 48.0 Å². The van der Waals surface area contributed by atoms with Gasteiger partial charge in [0.25, 0.3) is 0 Å². The van der Waals surface area contributed by atoms with Crippen LogP contribution >= 0.6 is 0 Å². The molecule has 2 aromatic carbocycles. The standard InChI is InChI=1S/C19H24N2O2/c1-14(16-9-8-15-5-2-3-6-17(15)13-16)20-19(22)21-18-7-4-11-23-12-10-18/h2-3,5-6,8-9,13-14,18H,4,7,10-12H2,1H3,(H2,20,21,22). The predicted octanol–water partition coefficient (Wildman–Crippen LogP) is 3.77. The van der Waals surface area contributed by atoms with Gasteiger partial charge in [-0.25, -0.2) is 4.79 Å². The van der Waals surface area contributed by atoms with E-state index in [4.69, 9.17) is 4.74 Å². The van der Waals surface area contributed by atoms with Crippen LogP contribution in [0.15, 0.2) is 42.5 Å². The van der Waals surface area contributed by atoms with Gasteiger partial charge in [-0.05, 0) is 48.6 Å². The van der Waals surface area contributed by atoms with E-state index in [0.29, 0.717) is 0 Å². The van der Waals surface area contributed by atoms with Crippen LogP contribution in [0.2, 0.25) is 0 Å². The van der Waals surface area contributed by atoms with E-state index in [-0.39, 0.29) is 18.1 Å². The van der Waals surface area contributed by atoms with Gasteiger partial charge in [0.1, 0.15) is 0 Å². The largest absolute Gasteiger partial charge is 0.381 e. The van der Waals surface area contributed by atoms with Crippen LogP contribution in [-0.4, -0.2) is 25.3 Å². The molecule has 0 bridgehead atoms. The van der Waals surface area contributed by atoms with Crippen molar-refractivity contribution in [2.24, 2.45) is 0 Å². The van der Waals surface area contributed by atoms with Crippen LogP contribution in [0.1, 0.15) is 37.8 Å². The number of fused-ring (bicyclic) bond motifs is 1. The number of benzene rings is 2. The topological polar surface area (TPSA) is 50.4 Å². The Labute approximate surface area is 137 Å².